The molecule has 0 fully saturated rings. The predicted molar refractivity (Wildman–Crippen MR) is 116 cm³/mol. The van der Waals surface area contributed by atoms with Crippen molar-refractivity contribution in [2.45, 2.75) is 44.4 Å². The van der Waals surface area contributed by atoms with E-state index in [1.54, 1.807) is 0 Å². The summed E-state index contributed by atoms with van der Waals surface area (Å²) in [7, 11) is -4.11. The zero-order chi connectivity index (χ0) is 22.6. The quantitative estimate of drug-likeness (QED) is 0.615. The van der Waals surface area contributed by atoms with Crippen molar-refractivity contribution in [1.29, 1.82) is 0 Å². The van der Waals surface area contributed by atoms with Gasteiger partial charge in [0.25, 0.3) is 5.91 Å². The molecule has 0 bridgehead atoms. The number of nitrogens with two attached hydrogens (primary N) is 1. The van der Waals surface area contributed by atoms with E-state index in [-0.39, 0.29) is 22.4 Å². The number of amides is 1. The maximum Gasteiger partial charge on any atom is 0.338 e. The molecule has 9 heteroatoms. The molecule has 0 radical (unpaired) electrons. The van der Waals surface area contributed by atoms with Gasteiger partial charge in [-0.1, -0.05) is 57.5 Å². The van der Waals surface area contributed by atoms with Gasteiger partial charge in [-0.05, 0) is 41.2 Å². The molecular formula is C21H25ClN2O5S. The second-order valence-electron chi connectivity index (χ2n) is 7.44. The Labute approximate surface area is 181 Å². The summed E-state index contributed by atoms with van der Waals surface area (Å²) in [5.41, 5.74) is 2.60. The van der Waals surface area contributed by atoms with Gasteiger partial charge >= 0.3 is 5.97 Å². The van der Waals surface area contributed by atoms with Gasteiger partial charge in [0.05, 0.1) is 10.6 Å². The molecule has 0 unspecified atom stereocenters. The Morgan fingerprint density at radius 2 is 1.63 bits per heavy atom. The number of rotatable bonds is 7. The Kier molecular flexibility index (Phi) is 7.63. The van der Waals surface area contributed by atoms with E-state index in [4.69, 9.17) is 21.5 Å². The fraction of sp³-hybridized carbons (Fsp3) is 0.333. The summed E-state index contributed by atoms with van der Waals surface area (Å²) in [6.45, 7) is 7.57. The van der Waals surface area contributed by atoms with Crippen molar-refractivity contribution in [3.05, 3.63) is 58.1 Å². The first kappa shape index (κ1) is 23.9. The van der Waals surface area contributed by atoms with Gasteiger partial charge in [-0.15, -0.1) is 0 Å². The molecule has 0 aliphatic heterocycles. The van der Waals surface area contributed by atoms with Crippen LogP contribution in [0.3, 0.4) is 0 Å². The third-order valence-corrected chi connectivity index (χ3v) is 5.84. The number of primary sulfonamides is 1. The van der Waals surface area contributed by atoms with E-state index in [1.165, 1.54) is 12.1 Å². The van der Waals surface area contributed by atoms with Crippen LogP contribution in [0.2, 0.25) is 5.02 Å². The second-order valence-corrected chi connectivity index (χ2v) is 9.37. The third-order valence-electron chi connectivity index (χ3n) is 4.45. The number of halogens is 1. The van der Waals surface area contributed by atoms with Gasteiger partial charge in [0.1, 0.15) is 4.90 Å². The second kappa shape index (κ2) is 9.59. The minimum atomic E-state index is -4.11. The summed E-state index contributed by atoms with van der Waals surface area (Å²) in [6, 6.07) is 9.38. The van der Waals surface area contributed by atoms with Gasteiger partial charge in [-0.2, -0.15) is 0 Å². The van der Waals surface area contributed by atoms with E-state index in [1.807, 2.05) is 45.9 Å². The highest BCUT2D eigenvalue weighted by atomic mass is 35.5. The third kappa shape index (κ3) is 5.81. The summed E-state index contributed by atoms with van der Waals surface area (Å²) in [4.78, 5) is 24.3. The lowest BCUT2D eigenvalue weighted by Gasteiger charge is -2.20. The molecule has 0 heterocycles. The smallest absolute Gasteiger partial charge is 0.338 e. The van der Waals surface area contributed by atoms with Crippen LogP contribution < -0.4 is 10.5 Å². The van der Waals surface area contributed by atoms with Gasteiger partial charge in [0.15, 0.2) is 6.61 Å². The minimum absolute atomic E-state index is 0.0818. The largest absolute Gasteiger partial charge is 0.452 e. The fourth-order valence-corrected chi connectivity index (χ4v) is 4.00. The number of carbonyl (C=O) groups excluding carboxylic acids is 2. The van der Waals surface area contributed by atoms with Crippen molar-refractivity contribution in [2.24, 2.45) is 5.14 Å². The Balaban J connectivity index is 2.15. The van der Waals surface area contributed by atoms with Crippen LogP contribution in [0.1, 0.15) is 61.0 Å². The molecule has 162 valence electrons. The van der Waals surface area contributed by atoms with Crippen LogP contribution >= 0.6 is 11.6 Å². The van der Waals surface area contributed by atoms with Gasteiger partial charge in [0, 0.05) is 5.69 Å². The molecule has 2 aromatic rings. The molecule has 0 aromatic heterocycles. The number of carbonyl (C=O) groups is 2. The van der Waals surface area contributed by atoms with Crippen LogP contribution in [0, 0.1) is 0 Å². The normalized spacial score (nSPS) is 11.6. The van der Waals surface area contributed by atoms with Gasteiger partial charge < -0.3 is 10.1 Å². The van der Waals surface area contributed by atoms with E-state index in [2.05, 4.69) is 5.32 Å². The van der Waals surface area contributed by atoms with E-state index < -0.39 is 33.4 Å². The monoisotopic (exact) mass is 452 g/mol. The van der Waals surface area contributed by atoms with E-state index >= 15 is 0 Å². The first-order chi connectivity index (χ1) is 13.9. The van der Waals surface area contributed by atoms with Crippen molar-refractivity contribution >= 4 is 39.2 Å². The number of nitrogens with one attached hydrogen (secondary N) is 1. The number of hydrogen-bond donors (Lipinski definition) is 2. The average molecular weight is 453 g/mol. The van der Waals surface area contributed by atoms with Crippen molar-refractivity contribution in [3.63, 3.8) is 0 Å². The van der Waals surface area contributed by atoms with Crippen LogP contribution in [-0.2, 0) is 19.6 Å². The average Bonchev–Trinajstić information content (AvgIpc) is 2.65. The molecule has 0 aliphatic rings. The topological polar surface area (TPSA) is 116 Å². The molecule has 2 rings (SSSR count). The summed E-state index contributed by atoms with van der Waals surface area (Å²) in [5.74, 6) is -0.994. The standard InChI is InChI=1S/C21H25ClN2O5S/c1-12(2)15-6-5-7-16(13(3)4)20(15)24-19(25)11-29-21(26)14-8-9-17(22)18(10-14)30(23,27)28/h5-10,12-13H,11H2,1-4H3,(H,24,25)(H2,23,27,28). The van der Waals surface area contributed by atoms with Gasteiger partial charge in [0.2, 0.25) is 10.0 Å². The zero-order valence-electron chi connectivity index (χ0n) is 17.2. The van der Waals surface area contributed by atoms with Crippen molar-refractivity contribution in [3.8, 4) is 0 Å². The Morgan fingerprint density at radius 1 is 1.07 bits per heavy atom. The SMILES string of the molecule is CC(C)c1cccc(C(C)C)c1NC(=O)COC(=O)c1ccc(Cl)c(S(N)(=O)=O)c1. The van der Waals surface area contributed by atoms with E-state index in [0.29, 0.717) is 5.69 Å². The molecule has 0 saturated carbocycles. The number of benzene rings is 2. The number of anilines is 1. The van der Waals surface area contributed by atoms with Crippen LogP contribution in [0.5, 0.6) is 0 Å². The highest BCUT2D eigenvalue weighted by molar-refractivity contribution is 7.89. The lowest BCUT2D eigenvalue weighted by molar-refractivity contribution is -0.119. The van der Waals surface area contributed by atoms with E-state index in [0.717, 1.165) is 17.2 Å². The van der Waals surface area contributed by atoms with Crippen LogP contribution in [0.15, 0.2) is 41.3 Å². The molecule has 30 heavy (non-hydrogen) atoms. The van der Waals surface area contributed by atoms with Crippen LogP contribution in [0.25, 0.3) is 0 Å². The summed E-state index contributed by atoms with van der Waals surface area (Å²) in [5, 5.41) is 7.81. The van der Waals surface area contributed by atoms with Gasteiger partial charge in [-0.3, -0.25) is 4.79 Å². The molecule has 0 spiro atoms. The number of hydrogen-bond acceptors (Lipinski definition) is 5. The molecule has 0 aliphatic carbocycles. The molecule has 0 atom stereocenters. The van der Waals surface area contributed by atoms with Crippen LogP contribution in [0.4, 0.5) is 5.69 Å². The number of sulfonamides is 1. The number of para-hydroxylation sites is 1. The highest BCUT2D eigenvalue weighted by Crippen LogP contribution is 2.32. The fourth-order valence-electron chi connectivity index (χ4n) is 2.93. The van der Waals surface area contributed by atoms with Crippen molar-refractivity contribution < 1.29 is 22.7 Å². The maximum atomic E-state index is 12.5. The molecular weight excluding hydrogens is 428 g/mol. The highest BCUT2D eigenvalue weighted by Gasteiger charge is 2.19. The first-order valence-electron chi connectivity index (χ1n) is 9.34. The Morgan fingerprint density at radius 3 is 2.13 bits per heavy atom. The number of ether oxygens (including phenoxy) is 1. The predicted octanol–water partition coefficient (Wildman–Crippen LogP) is 4.03. The maximum absolute atomic E-state index is 12.5. The van der Waals surface area contributed by atoms with Gasteiger partial charge in [-0.25, -0.2) is 18.4 Å². The van der Waals surface area contributed by atoms with Crippen LogP contribution in [-0.4, -0.2) is 26.9 Å². The Bertz CT molecular complexity index is 1040. The summed E-state index contributed by atoms with van der Waals surface area (Å²) < 4.78 is 28.1. The zero-order valence-corrected chi connectivity index (χ0v) is 18.8. The molecule has 2 aromatic carbocycles. The summed E-state index contributed by atoms with van der Waals surface area (Å²) >= 11 is 5.81. The first-order valence-corrected chi connectivity index (χ1v) is 11.3. The lowest BCUT2D eigenvalue weighted by Crippen LogP contribution is -2.23. The minimum Gasteiger partial charge on any atom is -0.452 e. The van der Waals surface area contributed by atoms with Crippen molar-refractivity contribution in [2.75, 3.05) is 11.9 Å². The summed E-state index contributed by atoms with van der Waals surface area (Å²) in [6.07, 6.45) is 0. The van der Waals surface area contributed by atoms with Crippen molar-refractivity contribution in [1.82, 2.24) is 0 Å². The molecule has 0 saturated heterocycles. The Hall–Kier alpha value is -2.42. The molecule has 7 nitrogen and oxygen atoms in total. The van der Waals surface area contributed by atoms with E-state index in [9.17, 15) is 18.0 Å². The number of esters is 1. The molecule has 1 amide bonds. The molecule has 3 N–H and O–H groups in total. The lowest BCUT2D eigenvalue weighted by atomic mass is 9.92.